The van der Waals surface area contributed by atoms with E-state index in [0.29, 0.717) is 5.69 Å². The highest BCUT2D eigenvalue weighted by Crippen LogP contribution is 2.28. The van der Waals surface area contributed by atoms with Crippen molar-refractivity contribution in [2.24, 2.45) is 0 Å². The first-order chi connectivity index (χ1) is 11.0. The molecule has 1 N–H and O–H groups in total. The second-order valence-electron chi connectivity index (χ2n) is 5.54. The predicted molar refractivity (Wildman–Crippen MR) is 83.3 cm³/mol. The van der Waals surface area contributed by atoms with Gasteiger partial charge in [0, 0.05) is 6.04 Å². The van der Waals surface area contributed by atoms with E-state index in [4.69, 9.17) is 4.74 Å². The van der Waals surface area contributed by atoms with Crippen LogP contribution in [0.15, 0.2) is 4.79 Å². The molecule has 8 nitrogen and oxygen atoms in total. The van der Waals surface area contributed by atoms with E-state index in [1.54, 1.807) is 18.4 Å². The Morgan fingerprint density at radius 1 is 1.26 bits per heavy atom. The van der Waals surface area contributed by atoms with E-state index in [-0.39, 0.29) is 18.3 Å². The van der Waals surface area contributed by atoms with Crippen molar-refractivity contribution in [3.63, 3.8) is 0 Å². The molecule has 0 aromatic carbocycles. The zero-order valence-corrected chi connectivity index (χ0v) is 13.8. The van der Waals surface area contributed by atoms with Crippen molar-refractivity contribution >= 4 is 12.1 Å². The van der Waals surface area contributed by atoms with Gasteiger partial charge in [0.25, 0.3) is 0 Å². The van der Waals surface area contributed by atoms with Crippen LogP contribution in [0.2, 0.25) is 0 Å². The third-order valence-electron chi connectivity index (χ3n) is 4.12. The van der Waals surface area contributed by atoms with Gasteiger partial charge in [0.05, 0.1) is 19.4 Å². The Bertz CT molecular complexity index is 640. The third-order valence-corrected chi connectivity index (χ3v) is 4.12. The molecule has 0 aliphatic heterocycles. The molecule has 1 aliphatic rings. The van der Waals surface area contributed by atoms with Crippen LogP contribution in [-0.4, -0.2) is 35.0 Å². The fraction of sp³-hybridized carbons (Fsp3) is 0.667. The number of rotatable bonds is 4. The fourth-order valence-electron chi connectivity index (χ4n) is 3.07. The summed E-state index contributed by atoms with van der Waals surface area (Å²) in [5, 5.41) is 0. The van der Waals surface area contributed by atoms with E-state index in [0.717, 1.165) is 36.8 Å². The standard InChI is InChI=1S/C15H23N3O5/c1-4-23-13(19)12-10(2)17(11-8-6-5-7-9-11)15(21)18(12)16-14(20)22-3/h11H,4-9H2,1-3H3,(H,16,20). The SMILES string of the molecule is CCOC(=O)c1c(C)n(C2CCCCC2)c(=O)n1NC(=O)OC. The number of aromatic nitrogens is 2. The third kappa shape index (κ3) is 3.40. The molecule has 1 aliphatic carbocycles. The zero-order chi connectivity index (χ0) is 17.0. The number of esters is 1. The number of carbonyl (C=O) groups excluding carboxylic acids is 2. The van der Waals surface area contributed by atoms with E-state index >= 15 is 0 Å². The predicted octanol–water partition coefficient (Wildman–Crippen LogP) is 1.95. The van der Waals surface area contributed by atoms with Crippen molar-refractivity contribution in [2.75, 3.05) is 19.1 Å². The molecule has 1 amide bonds. The van der Waals surface area contributed by atoms with Crippen molar-refractivity contribution in [2.45, 2.75) is 52.0 Å². The molecule has 2 rings (SSSR count). The van der Waals surface area contributed by atoms with Crippen LogP contribution in [0.25, 0.3) is 0 Å². The molecule has 128 valence electrons. The number of imidazole rings is 1. The average Bonchev–Trinajstić information content (AvgIpc) is 2.79. The fourth-order valence-corrected chi connectivity index (χ4v) is 3.07. The van der Waals surface area contributed by atoms with Gasteiger partial charge in [-0.15, -0.1) is 0 Å². The average molecular weight is 325 g/mol. The lowest BCUT2D eigenvalue weighted by atomic mass is 9.95. The maximum atomic E-state index is 12.7. The number of nitrogens with zero attached hydrogens (tertiary/aromatic N) is 2. The van der Waals surface area contributed by atoms with Crippen molar-refractivity contribution in [3.8, 4) is 0 Å². The highest BCUT2D eigenvalue weighted by molar-refractivity contribution is 5.90. The van der Waals surface area contributed by atoms with Crippen molar-refractivity contribution in [1.82, 2.24) is 9.24 Å². The maximum absolute atomic E-state index is 12.7. The van der Waals surface area contributed by atoms with Crippen LogP contribution in [0.4, 0.5) is 4.79 Å². The minimum Gasteiger partial charge on any atom is -0.461 e. The zero-order valence-electron chi connectivity index (χ0n) is 13.8. The Balaban J connectivity index is 2.51. The lowest BCUT2D eigenvalue weighted by Crippen LogP contribution is -2.37. The van der Waals surface area contributed by atoms with E-state index in [1.807, 2.05) is 0 Å². The topological polar surface area (TPSA) is 91.6 Å². The number of methoxy groups -OCH3 is 1. The molecular weight excluding hydrogens is 302 g/mol. The maximum Gasteiger partial charge on any atom is 0.426 e. The summed E-state index contributed by atoms with van der Waals surface area (Å²) in [6.45, 7) is 3.55. The number of carbonyl (C=O) groups is 2. The summed E-state index contributed by atoms with van der Waals surface area (Å²) in [7, 11) is 1.19. The van der Waals surface area contributed by atoms with Gasteiger partial charge in [0.2, 0.25) is 0 Å². The number of hydrogen-bond acceptors (Lipinski definition) is 5. The minimum absolute atomic E-state index is 0.0325. The molecule has 0 atom stereocenters. The van der Waals surface area contributed by atoms with Gasteiger partial charge in [-0.2, -0.15) is 4.68 Å². The Morgan fingerprint density at radius 3 is 2.48 bits per heavy atom. The number of ether oxygens (including phenoxy) is 2. The van der Waals surface area contributed by atoms with Gasteiger partial charge in [0.1, 0.15) is 0 Å². The second kappa shape index (κ2) is 7.34. The lowest BCUT2D eigenvalue weighted by Gasteiger charge is -2.23. The van der Waals surface area contributed by atoms with Crippen LogP contribution in [0.5, 0.6) is 0 Å². The minimum atomic E-state index is -0.821. The Kier molecular flexibility index (Phi) is 5.46. The molecule has 1 aromatic heterocycles. The molecule has 1 fully saturated rings. The van der Waals surface area contributed by atoms with Gasteiger partial charge in [-0.1, -0.05) is 19.3 Å². The van der Waals surface area contributed by atoms with Gasteiger partial charge in [-0.25, -0.2) is 19.8 Å². The summed E-state index contributed by atoms with van der Waals surface area (Å²) in [6.07, 6.45) is 4.17. The van der Waals surface area contributed by atoms with Crippen LogP contribution in [0, 0.1) is 6.92 Å². The number of nitrogens with one attached hydrogen (secondary N) is 1. The normalized spacial score (nSPS) is 15.3. The van der Waals surface area contributed by atoms with Crippen molar-refractivity contribution < 1.29 is 19.1 Å². The van der Waals surface area contributed by atoms with Crippen LogP contribution >= 0.6 is 0 Å². The smallest absolute Gasteiger partial charge is 0.426 e. The number of hydrogen-bond donors (Lipinski definition) is 1. The van der Waals surface area contributed by atoms with Gasteiger partial charge in [0.15, 0.2) is 5.69 Å². The van der Waals surface area contributed by atoms with E-state index in [9.17, 15) is 14.4 Å². The summed E-state index contributed by atoms with van der Waals surface area (Å²) in [6, 6.07) is 0.0325. The molecule has 0 unspecified atom stereocenters. The van der Waals surface area contributed by atoms with Gasteiger partial charge < -0.3 is 9.47 Å². The summed E-state index contributed by atoms with van der Waals surface area (Å²) in [4.78, 5) is 36.4. The largest absolute Gasteiger partial charge is 0.461 e. The summed E-state index contributed by atoms with van der Waals surface area (Å²) < 4.78 is 12.1. The molecule has 0 radical (unpaired) electrons. The molecule has 1 saturated carbocycles. The molecule has 0 spiro atoms. The van der Waals surface area contributed by atoms with E-state index in [1.165, 1.54) is 7.11 Å². The van der Waals surface area contributed by atoms with Crippen LogP contribution in [0.1, 0.15) is 61.3 Å². The van der Waals surface area contributed by atoms with Crippen molar-refractivity contribution in [1.29, 1.82) is 0 Å². The quantitative estimate of drug-likeness (QED) is 0.854. The molecule has 0 saturated heterocycles. The molecule has 1 heterocycles. The first-order valence-electron chi connectivity index (χ1n) is 7.87. The molecular formula is C15H23N3O5. The highest BCUT2D eigenvalue weighted by atomic mass is 16.5. The van der Waals surface area contributed by atoms with Gasteiger partial charge in [-0.3, -0.25) is 4.57 Å². The summed E-state index contributed by atoms with van der Waals surface area (Å²) >= 11 is 0. The first kappa shape index (κ1) is 17.1. The van der Waals surface area contributed by atoms with Crippen LogP contribution in [0.3, 0.4) is 0 Å². The molecule has 1 aromatic rings. The Morgan fingerprint density at radius 2 is 1.91 bits per heavy atom. The second-order valence-corrected chi connectivity index (χ2v) is 5.54. The van der Waals surface area contributed by atoms with Crippen LogP contribution < -0.4 is 11.1 Å². The Labute approximate surface area is 134 Å². The lowest BCUT2D eigenvalue weighted by molar-refractivity contribution is 0.0514. The monoisotopic (exact) mass is 325 g/mol. The number of amides is 1. The summed E-state index contributed by atoms with van der Waals surface area (Å²) in [5.41, 5.74) is 2.37. The van der Waals surface area contributed by atoms with E-state index in [2.05, 4.69) is 10.2 Å². The highest BCUT2D eigenvalue weighted by Gasteiger charge is 2.29. The van der Waals surface area contributed by atoms with Gasteiger partial charge >= 0.3 is 17.8 Å². The molecule has 0 bridgehead atoms. The van der Waals surface area contributed by atoms with E-state index < -0.39 is 17.8 Å². The molecule has 8 heteroatoms. The van der Waals surface area contributed by atoms with Crippen molar-refractivity contribution in [3.05, 3.63) is 21.9 Å². The van der Waals surface area contributed by atoms with Gasteiger partial charge in [-0.05, 0) is 26.7 Å². The Hall–Kier alpha value is -2.25. The summed E-state index contributed by atoms with van der Waals surface area (Å²) in [5.74, 6) is -0.645. The first-order valence-corrected chi connectivity index (χ1v) is 7.87. The van der Waals surface area contributed by atoms with Crippen LogP contribution in [-0.2, 0) is 9.47 Å². The molecule has 23 heavy (non-hydrogen) atoms.